The van der Waals surface area contributed by atoms with Crippen molar-refractivity contribution in [2.75, 3.05) is 7.05 Å². The highest BCUT2D eigenvalue weighted by atomic mass is 127. The Bertz CT molecular complexity index is 665. The lowest BCUT2D eigenvalue weighted by atomic mass is 10.1. The van der Waals surface area contributed by atoms with Gasteiger partial charge >= 0.3 is 0 Å². The number of aromatic nitrogens is 1. The van der Waals surface area contributed by atoms with Gasteiger partial charge in [-0.05, 0) is 44.0 Å². The molecule has 0 aliphatic carbocycles. The zero-order chi connectivity index (χ0) is 16.1. The number of rotatable bonds is 4. The van der Waals surface area contributed by atoms with Gasteiger partial charge in [0.25, 0.3) is 0 Å². The molecule has 4 nitrogen and oxygen atoms in total. The van der Waals surface area contributed by atoms with Crippen LogP contribution in [0, 0.1) is 20.8 Å². The van der Waals surface area contributed by atoms with Crippen molar-refractivity contribution in [2.24, 2.45) is 4.99 Å². The SMILES string of the molecule is CN=C(NCc1nc(C)c(C)s1)NCc1ccc(Br)cc1C.I. The number of halogens is 2. The fourth-order valence-electron chi connectivity index (χ4n) is 2.03. The Hall–Kier alpha value is -0.670. The summed E-state index contributed by atoms with van der Waals surface area (Å²) in [5.74, 6) is 0.785. The van der Waals surface area contributed by atoms with E-state index < -0.39 is 0 Å². The molecule has 0 bridgehead atoms. The molecule has 7 heteroatoms. The summed E-state index contributed by atoms with van der Waals surface area (Å²) < 4.78 is 1.10. The number of thiazole rings is 1. The first-order chi connectivity index (χ1) is 10.5. The van der Waals surface area contributed by atoms with E-state index in [-0.39, 0.29) is 24.0 Å². The fourth-order valence-corrected chi connectivity index (χ4v) is 3.38. The molecule has 0 aliphatic heterocycles. The van der Waals surface area contributed by atoms with Gasteiger partial charge in [-0.15, -0.1) is 35.3 Å². The van der Waals surface area contributed by atoms with E-state index in [0.717, 1.165) is 27.7 Å². The van der Waals surface area contributed by atoms with Gasteiger partial charge in [0.1, 0.15) is 5.01 Å². The summed E-state index contributed by atoms with van der Waals surface area (Å²) in [7, 11) is 1.78. The average Bonchev–Trinajstić information content (AvgIpc) is 2.79. The second-order valence-electron chi connectivity index (χ2n) is 5.10. The lowest BCUT2D eigenvalue weighted by molar-refractivity contribution is 0.801. The van der Waals surface area contributed by atoms with E-state index in [9.17, 15) is 0 Å². The van der Waals surface area contributed by atoms with Crippen molar-refractivity contribution in [1.29, 1.82) is 0 Å². The number of nitrogens with zero attached hydrogens (tertiary/aromatic N) is 2. The standard InChI is InChI=1S/C16H21BrN4S.HI/c1-10-7-14(17)6-5-13(10)8-19-16(18-4)20-9-15-21-11(2)12(3)22-15;/h5-7H,8-9H2,1-4H3,(H2,18,19,20);1H. The molecular weight excluding hydrogens is 487 g/mol. The van der Waals surface area contributed by atoms with E-state index in [0.29, 0.717) is 6.54 Å². The predicted octanol–water partition coefficient (Wildman–Crippen LogP) is 4.31. The monoisotopic (exact) mass is 508 g/mol. The summed E-state index contributed by atoms with van der Waals surface area (Å²) in [5, 5.41) is 7.72. The van der Waals surface area contributed by atoms with Crippen molar-refractivity contribution >= 4 is 57.2 Å². The van der Waals surface area contributed by atoms with Crippen LogP contribution in [0.15, 0.2) is 27.7 Å². The van der Waals surface area contributed by atoms with Crippen molar-refractivity contribution < 1.29 is 0 Å². The summed E-state index contributed by atoms with van der Waals surface area (Å²) in [6.45, 7) is 7.69. The van der Waals surface area contributed by atoms with Crippen LogP contribution in [0.5, 0.6) is 0 Å². The van der Waals surface area contributed by atoms with Gasteiger partial charge in [0.2, 0.25) is 0 Å². The van der Waals surface area contributed by atoms with Crippen molar-refractivity contribution in [2.45, 2.75) is 33.9 Å². The molecule has 0 aliphatic rings. The van der Waals surface area contributed by atoms with Crippen molar-refractivity contribution in [3.8, 4) is 0 Å². The highest BCUT2D eigenvalue weighted by Gasteiger charge is 2.05. The summed E-state index contributed by atoms with van der Waals surface area (Å²) >= 11 is 5.21. The zero-order valence-corrected chi connectivity index (χ0v) is 18.5. The molecule has 0 saturated carbocycles. The molecule has 0 amide bonds. The van der Waals surface area contributed by atoms with Gasteiger partial charge < -0.3 is 10.6 Å². The summed E-state index contributed by atoms with van der Waals surface area (Å²) in [6, 6.07) is 6.29. The highest BCUT2D eigenvalue weighted by molar-refractivity contribution is 14.0. The minimum absolute atomic E-state index is 0. The number of hydrogen-bond donors (Lipinski definition) is 2. The summed E-state index contributed by atoms with van der Waals surface area (Å²) in [4.78, 5) is 10.1. The largest absolute Gasteiger partial charge is 0.352 e. The van der Waals surface area contributed by atoms with Gasteiger partial charge in [0.15, 0.2) is 5.96 Å². The van der Waals surface area contributed by atoms with Crippen LogP contribution in [-0.2, 0) is 13.1 Å². The quantitative estimate of drug-likeness (QED) is 0.367. The first kappa shape index (κ1) is 20.4. The van der Waals surface area contributed by atoms with Crippen LogP contribution in [0.25, 0.3) is 0 Å². The zero-order valence-electron chi connectivity index (χ0n) is 13.7. The van der Waals surface area contributed by atoms with E-state index in [4.69, 9.17) is 0 Å². The molecule has 126 valence electrons. The molecule has 2 aromatic rings. The van der Waals surface area contributed by atoms with Gasteiger partial charge in [0, 0.05) is 22.9 Å². The molecule has 1 aromatic heterocycles. The van der Waals surface area contributed by atoms with E-state index in [1.165, 1.54) is 16.0 Å². The average molecular weight is 509 g/mol. The molecule has 0 spiro atoms. The van der Waals surface area contributed by atoms with Crippen LogP contribution in [0.1, 0.15) is 26.7 Å². The second-order valence-corrected chi connectivity index (χ2v) is 7.30. The molecule has 0 atom stereocenters. The Morgan fingerprint density at radius 2 is 1.91 bits per heavy atom. The molecule has 0 unspecified atom stereocenters. The van der Waals surface area contributed by atoms with Crippen LogP contribution >= 0.6 is 51.2 Å². The fraction of sp³-hybridized carbons (Fsp3) is 0.375. The Kier molecular flexibility index (Phi) is 8.49. The van der Waals surface area contributed by atoms with E-state index in [2.05, 4.69) is 68.6 Å². The van der Waals surface area contributed by atoms with Gasteiger partial charge in [-0.25, -0.2) is 4.98 Å². The van der Waals surface area contributed by atoms with Crippen molar-refractivity contribution in [3.05, 3.63) is 49.4 Å². The van der Waals surface area contributed by atoms with Crippen LogP contribution in [0.2, 0.25) is 0 Å². The Morgan fingerprint density at radius 1 is 1.22 bits per heavy atom. The first-order valence-electron chi connectivity index (χ1n) is 7.12. The third-order valence-electron chi connectivity index (χ3n) is 3.45. The van der Waals surface area contributed by atoms with Crippen molar-refractivity contribution in [1.82, 2.24) is 15.6 Å². The molecule has 2 rings (SSSR count). The minimum atomic E-state index is 0. The smallest absolute Gasteiger partial charge is 0.191 e. The van der Waals surface area contributed by atoms with Gasteiger partial charge in [-0.1, -0.05) is 22.0 Å². The third-order valence-corrected chi connectivity index (χ3v) is 5.02. The summed E-state index contributed by atoms with van der Waals surface area (Å²) in [6.07, 6.45) is 0. The minimum Gasteiger partial charge on any atom is -0.352 e. The second kappa shape index (κ2) is 9.58. The van der Waals surface area contributed by atoms with Crippen LogP contribution < -0.4 is 10.6 Å². The number of guanidine groups is 1. The van der Waals surface area contributed by atoms with E-state index >= 15 is 0 Å². The van der Waals surface area contributed by atoms with Crippen LogP contribution in [0.3, 0.4) is 0 Å². The van der Waals surface area contributed by atoms with Gasteiger partial charge in [-0.2, -0.15) is 0 Å². The molecular formula is C16H22BrIN4S. The van der Waals surface area contributed by atoms with Crippen LogP contribution in [-0.4, -0.2) is 18.0 Å². The van der Waals surface area contributed by atoms with Crippen molar-refractivity contribution in [3.63, 3.8) is 0 Å². The number of aliphatic imine (C=N–C) groups is 1. The van der Waals surface area contributed by atoms with Crippen LogP contribution in [0.4, 0.5) is 0 Å². The lowest BCUT2D eigenvalue weighted by Gasteiger charge is -2.12. The molecule has 1 aromatic carbocycles. The molecule has 1 heterocycles. The molecule has 0 saturated heterocycles. The maximum atomic E-state index is 4.53. The molecule has 2 N–H and O–H groups in total. The third kappa shape index (κ3) is 6.04. The number of aryl methyl sites for hydroxylation is 3. The molecule has 0 fully saturated rings. The topological polar surface area (TPSA) is 49.3 Å². The number of hydrogen-bond acceptors (Lipinski definition) is 3. The lowest BCUT2D eigenvalue weighted by Crippen LogP contribution is -2.36. The Morgan fingerprint density at radius 3 is 2.48 bits per heavy atom. The Balaban J connectivity index is 0.00000264. The number of nitrogens with one attached hydrogen (secondary N) is 2. The first-order valence-corrected chi connectivity index (χ1v) is 8.73. The normalized spacial score (nSPS) is 11.1. The maximum absolute atomic E-state index is 4.53. The van der Waals surface area contributed by atoms with E-state index in [1.807, 2.05) is 6.92 Å². The predicted molar refractivity (Wildman–Crippen MR) is 113 cm³/mol. The highest BCUT2D eigenvalue weighted by Crippen LogP contribution is 2.16. The summed E-state index contributed by atoms with van der Waals surface area (Å²) in [5.41, 5.74) is 3.62. The molecule has 23 heavy (non-hydrogen) atoms. The maximum Gasteiger partial charge on any atom is 0.191 e. The number of benzene rings is 1. The molecule has 0 radical (unpaired) electrons. The van der Waals surface area contributed by atoms with Gasteiger partial charge in [0.05, 0.1) is 12.2 Å². The van der Waals surface area contributed by atoms with Gasteiger partial charge in [-0.3, -0.25) is 4.99 Å². The van der Waals surface area contributed by atoms with E-state index in [1.54, 1.807) is 18.4 Å². The Labute approximate surface area is 167 Å².